The number of rotatable bonds is 42. The van der Waals surface area contributed by atoms with E-state index in [1.165, 1.54) is 18.2 Å². The molecule has 1 saturated heterocycles. The fraction of sp³-hybridized carbons (Fsp3) is 0.783. The lowest BCUT2D eigenvalue weighted by atomic mass is 10.1. The van der Waals surface area contributed by atoms with E-state index in [1.807, 2.05) is 0 Å². The molecule has 368 valence electrons. The minimum absolute atomic E-state index is 0.00698. The number of thioether (sulfide) groups is 1. The second-order valence-electron chi connectivity index (χ2n) is 15.7. The number of amides is 4. The molecule has 18 heteroatoms. The number of likely N-dealkylation sites (tertiary alicyclic amines) is 1. The van der Waals surface area contributed by atoms with Crippen LogP contribution >= 0.6 is 19.6 Å². The van der Waals surface area contributed by atoms with E-state index in [-0.39, 0.29) is 89.5 Å². The Bertz CT molecular complexity index is 1430. The van der Waals surface area contributed by atoms with Crippen molar-refractivity contribution in [2.75, 3.05) is 66.0 Å². The van der Waals surface area contributed by atoms with Crippen molar-refractivity contribution in [3.05, 3.63) is 24.3 Å². The van der Waals surface area contributed by atoms with Gasteiger partial charge >= 0.3 is 19.8 Å². The first-order valence-corrected chi connectivity index (χ1v) is 26.3. The summed E-state index contributed by atoms with van der Waals surface area (Å²) in [5.74, 6) is -2.33. The summed E-state index contributed by atoms with van der Waals surface area (Å²) in [5.41, 5.74) is 0. The van der Waals surface area contributed by atoms with Crippen LogP contribution in [-0.2, 0) is 61.1 Å². The number of unbranched alkanes of at least 4 members (excludes halogenated alkanes) is 14. The van der Waals surface area contributed by atoms with Crippen LogP contribution in [0.3, 0.4) is 0 Å². The highest BCUT2D eigenvalue weighted by atomic mass is 32.2. The van der Waals surface area contributed by atoms with E-state index in [0.29, 0.717) is 12.8 Å². The van der Waals surface area contributed by atoms with Crippen molar-refractivity contribution in [2.24, 2.45) is 0 Å². The normalized spacial score (nSPS) is 15.5. The Hall–Kier alpha value is -3.08. The minimum atomic E-state index is -4.16. The van der Waals surface area contributed by atoms with Crippen molar-refractivity contribution in [1.29, 1.82) is 0 Å². The van der Waals surface area contributed by atoms with Crippen LogP contribution in [-0.4, -0.2) is 118 Å². The van der Waals surface area contributed by atoms with Crippen LogP contribution in [0.2, 0.25) is 0 Å². The van der Waals surface area contributed by atoms with Crippen molar-refractivity contribution < 1.29 is 61.1 Å². The number of phosphoric acid groups is 1. The highest BCUT2D eigenvalue weighted by molar-refractivity contribution is 8.00. The molecule has 3 atom stereocenters. The molecular weight excluding hydrogens is 866 g/mol. The van der Waals surface area contributed by atoms with Gasteiger partial charge in [0.2, 0.25) is 23.6 Å². The Morgan fingerprint density at radius 1 is 0.719 bits per heavy atom. The van der Waals surface area contributed by atoms with E-state index >= 15 is 0 Å². The largest absolute Gasteiger partial charge is 0.474 e. The summed E-state index contributed by atoms with van der Waals surface area (Å²) in [4.78, 5) is 75.1. The lowest BCUT2D eigenvalue weighted by Crippen LogP contribution is -2.36. The van der Waals surface area contributed by atoms with Gasteiger partial charge in [0, 0.05) is 52.4 Å². The topological polar surface area (TPSA) is 202 Å². The van der Waals surface area contributed by atoms with Gasteiger partial charge in [0.05, 0.1) is 25.1 Å². The highest BCUT2D eigenvalue weighted by Gasteiger charge is 2.37. The Balaban J connectivity index is 2.45. The molecule has 64 heavy (non-hydrogen) atoms. The maximum absolute atomic E-state index is 13.2. The summed E-state index contributed by atoms with van der Waals surface area (Å²) in [6.07, 6.45) is 29.0. The standard InChI is InChI=1S/C46H80N3O13PS/c1-5-7-9-11-13-15-17-19-21-23-25-27-44(53)59-36-39(62-45(54)28-26-24-22-20-18-16-14-12-10-8-6-2)37-61-63(56,57-3)60-34-31-48-42(51)38-58-33-30-47-41(50)29-32-49-43(52)35-40(64-4)46(49)55/h9-12,39-40H,5-8,13-38H2,1-4H3,(H,47,50)(H,48,51)/b11-9+,12-10+. The number of nitrogens with one attached hydrogen (secondary N) is 2. The first-order valence-electron chi connectivity index (χ1n) is 23.6. The van der Waals surface area contributed by atoms with Gasteiger partial charge in [-0.3, -0.25) is 47.2 Å². The summed E-state index contributed by atoms with van der Waals surface area (Å²) < 4.78 is 45.4. The van der Waals surface area contributed by atoms with E-state index < -0.39 is 43.6 Å². The van der Waals surface area contributed by atoms with Crippen LogP contribution < -0.4 is 10.6 Å². The monoisotopic (exact) mass is 946 g/mol. The van der Waals surface area contributed by atoms with E-state index in [0.717, 1.165) is 108 Å². The molecule has 1 fully saturated rings. The molecule has 0 aromatic heterocycles. The molecule has 2 N–H and O–H groups in total. The molecule has 1 rings (SSSR count). The van der Waals surface area contributed by atoms with E-state index in [4.69, 9.17) is 27.8 Å². The molecule has 0 aliphatic carbocycles. The van der Waals surface area contributed by atoms with E-state index in [2.05, 4.69) is 48.8 Å². The molecule has 1 aliphatic heterocycles. The van der Waals surface area contributed by atoms with Crippen LogP contribution in [0.4, 0.5) is 0 Å². The fourth-order valence-electron chi connectivity index (χ4n) is 6.42. The van der Waals surface area contributed by atoms with Crippen molar-refractivity contribution >= 4 is 55.2 Å². The Morgan fingerprint density at radius 3 is 1.84 bits per heavy atom. The van der Waals surface area contributed by atoms with Crippen LogP contribution in [0, 0.1) is 0 Å². The van der Waals surface area contributed by atoms with Gasteiger partial charge in [0.25, 0.3) is 0 Å². The zero-order valence-corrected chi connectivity index (χ0v) is 41.0. The number of imide groups is 1. The summed E-state index contributed by atoms with van der Waals surface area (Å²) >= 11 is 1.31. The third-order valence-electron chi connectivity index (χ3n) is 10.1. The van der Waals surface area contributed by atoms with Gasteiger partial charge in [-0.1, -0.05) is 102 Å². The molecule has 16 nitrogen and oxygen atoms in total. The number of phosphoric ester groups is 1. The number of nitrogens with zero attached hydrogens (tertiary/aromatic N) is 1. The Kier molecular flexibility index (Phi) is 36.0. The van der Waals surface area contributed by atoms with Crippen LogP contribution in [0.25, 0.3) is 0 Å². The summed E-state index contributed by atoms with van der Waals surface area (Å²) in [6.45, 7) is 3.15. The van der Waals surface area contributed by atoms with Gasteiger partial charge in [0.15, 0.2) is 6.10 Å². The van der Waals surface area contributed by atoms with Gasteiger partial charge in [0.1, 0.15) is 13.2 Å². The number of esters is 2. The molecule has 1 heterocycles. The summed E-state index contributed by atoms with van der Waals surface area (Å²) in [6, 6.07) is 0. The van der Waals surface area contributed by atoms with Crippen molar-refractivity contribution in [3.8, 4) is 0 Å². The lowest BCUT2D eigenvalue weighted by Gasteiger charge is -2.21. The quantitative estimate of drug-likeness (QED) is 0.0194. The third kappa shape index (κ3) is 30.9. The second kappa shape index (κ2) is 39.1. The number of carbonyl (C=O) groups excluding carboxylic acids is 6. The highest BCUT2D eigenvalue weighted by Crippen LogP contribution is 2.48. The number of allylic oxidation sites excluding steroid dienone is 4. The molecule has 0 aromatic rings. The van der Waals surface area contributed by atoms with E-state index in [1.54, 1.807) is 6.26 Å². The average Bonchev–Trinajstić information content (AvgIpc) is 3.56. The van der Waals surface area contributed by atoms with Crippen LogP contribution in [0.15, 0.2) is 24.3 Å². The maximum atomic E-state index is 13.2. The number of hydrogen-bond acceptors (Lipinski definition) is 14. The molecular formula is C46H80N3O13PS. The maximum Gasteiger partial charge on any atom is 0.474 e. The first kappa shape index (κ1) is 58.9. The summed E-state index contributed by atoms with van der Waals surface area (Å²) in [7, 11) is -3.03. The minimum Gasteiger partial charge on any atom is -0.462 e. The van der Waals surface area contributed by atoms with Gasteiger partial charge in [-0.2, -0.15) is 11.8 Å². The Morgan fingerprint density at radius 2 is 1.27 bits per heavy atom. The van der Waals surface area contributed by atoms with Crippen LogP contribution in [0.1, 0.15) is 155 Å². The van der Waals surface area contributed by atoms with Crippen molar-refractivity contribution in [2.45, 2.75) is 166 Å². The van der Waals surface area contributed by atoms with E-state index in [9.17, 15) is 33.3 Å². The molecule has 4 amide bonds. The Labute approximate surface area is 387 Å². The van der Waals surface area contributed by atoms with Gasteiger partial charge in [-0.25, -0.2) is 4.57 Å². The molecule has 0 saturated carbocycles. The summed E-state index contributed by atoms with van der Waals surface area (Å²) in [5, 5.41) is 4.76. The first-order chi connectivity index (χ1) is 31.0. The number of carbonyl (C=O) groups is 6. The SMILES string of the molecule is CCC/C=C/CCCCCCCCC(=O)OCC(COP(=O)(OC)OCCNC(=O)COCCNC(=O)CCN1C(=O)CC(SC)C1=O)OC(=O)CCCCCCCC/C=C/CCC. The predicted octanol–water partition coefficient (Wildman–Crippen LogP) is 8.31. The second-order valence-corrected chi connectivity index (χ2v) is 18.5. The van der Waals surface area contributed by atoms with Gasteiger partial charge in [-0.05, 0) is 57.6 Å². The van der Waals surface area contributed by atoms with Gasteiger partial charge < -0.3 is 24.8 Å². The zero-order chi connectivity index (χ0) is 47.1. The number of hydrogen-bond donors (Lipinski definition) is 2. The van der Waals surface area contributed by atoms with Gasteiger partial charge in [-0.15, -0.1) is 0 Å². The molecule has 0 aromatic carbocycles. The predicted molar refractivity (Wildman–Crippen MR) is 249 cm³/mol. The molecule has 3 unspecified atom stereocenters. The molecule has 0 bridgehead atoms. The lowest BCUT2D eigenvalue weighted by molar-refractivity contribution is -0.161. The van der Waals surface area contributed by atoms with Crippen LogP contribution in [0.5, 0.6) is 0 Å². The van der Waals surface area contributed by atoms with Crippen molar-refractivity contribution in [3.63, 3.8) is 0 Å². The third-order valence-corrected chi connectivity index (χ3v) is 12.5. The average molecular weight is 946 g/mol. The molecule has 1 aliphatic rings. The fourth-order valence-corrected chi connectivity index (χ4v) is 8.01. The number of ether oxygens (including phenoxy) is 3. The smallest absolute Gasteiger partial charge is 0.462 e. The van der Waals surface area contributed by atoms with Crippen molar-refractivity contribution in [1.82, 2.24) is 15.5 Å². The molecule has 0 radical (unpaired) electrons. The molecule has 0 spiro atoms. The zero-order valence-electron chi connectivity index (χ0n) is 39.3.